The SMILES string of the molecule is CC.CC.CNC(=O)C1CCC(C)CC1. The molecule has 0 radical (unpaired) electrons. The van der Waals surface area contributed by atoms with Gasteiger partial charge in [-0.1, -0.05) is 34.6 Å². The van der Waals surface area contributed by atoms with Crippen LogP contribution in [0.3, 0.4) is 0 Å². The zero-order chi connectivity index (χ0) is 12.3. The van der Waals surface area contributed by atoms with Crippen LogP contribution in [-0.4, -0.2) is 13.0 Å². The van der Waals surface area contributed by atoms with Crippen LogP contribution in [0.1, 0.15) is 60.3 Å². The van der Waals surface area contributed by atoms with E-state index in [-0.39, 0.29) is 5.91 Å². The Morgan fingerprint density at radius 1 is 1.00 bits per heavy atom. The molecule has 1 saturated carbocycles. The minimum absolute atomic E-state index is 0.233. The highest BCUT2D eigenvalue weighted by atomic mass is 16.1. The lowest BCUT2D eigenvalue weighted by Crippen LogP contribution is -2.30. The van der Waals surface area contributed by atoms with Gasteiger partial charge in [0.2, 0.25) is 5.91 Å². The molecule has 1 rings (SSSR count). The Balaban J connectivity index is 0. The fourth-order valence-corrected chi connectivity index (χ4v) is 1.73. The number of carbonyl (C=O) groups excluding carboxylic acids is 1. The molecule has 0 aromatic rings. The first-order chi connectivity index (χ1) is 7.24. The molecule has 0 unspecified atom stereocenters. The van der Waals surface area contributed by atoms with E-state index in [0.29, 0.717) is 5.92 Å². The molecule has 0 atom stereocenters. The van der Waals surface area contributed by atoms with E-state index in [0.717, 1.165) is 18.8 Å². The second-order valence-corrected chi connectivity index (χ2v) is 3.57. The third-order valence-corrected chi connectivity index (χ3v) is 2.63. The van der Waals surface area contributed by atoms with Gasteiger partial charge < -0.3 is 5.32 Å². The van der Waals surface area contributed by atoms with E-state index in [1.54, 1.807) is 7.05 Å². The first-order valence-corrected chi connectivity index (χ1v) is 6.45. The molecule has 0 heterocycles. The predicted octanol–water partition coefficient (Wildman–Crippen LogP) is 3.61. The van der Waals surface area contributed by atoms with Gasteiger partial charge in [-0.05, 0) is 31.6 Å². The first-order valence-electron chi connectivity index (χ1n) is 6.45. The molecule has 1 aliphatic rings. The summed E-state index contributed by atoms with van der Waals surface area (Å²) in [6.07, 6.45) is 4.61. The molecule has 1 amide bonds. The summed E-state index contributed by atoms with van der Waals surface area (Å²) < 4.78 is 0. The van der Waals surface area contributed by atoms with Crippen molar-refractivity contribution >= 4 is 5.91 Å². The predicted molar refractivity (Wildman–Crippen MR) is 67.9 cm³/mol. The van der Waals surface area contributed by atoms with Crippen molar-refractivity contribution < 1.29 is 4.79 Å². The Hall–Kier alpha value is -0.530. The van der Waals surface area contributed by atoms with E-state index in [2.05, 4.69) is 12.2 Å². The van der Waals surface area contributed by atoms with Gasteiger partial charge >= 0.3 is 0 Å². The fraction of sp³-hybridized carbons (Fsp3) is 0.923. The molecule has 0 aromatic heterocycles. The van der Waals surface area contributed by atoms with Gasteiger partial charge in [0.1, 0.15) is 0 Å². The molecule has 92 valence electrons. The number of carbonyl (C=O) groups is 1. The molecule has 0 bridgehead atoms. The van der Waals surface area contributed by atoms with Crippen molar-refractivity contribution in [3.63, 3.8) is 0 Å². The van der Waals surface area contributed by atoms with Crippen LogP contribution in [-0.2, 0) is 4.79 Å². The smallest absolute Gasteiger partial charge is 0.222 e. The number of hydrogen-bond donors (Lipinski definition) is 1. The molecule has 1 fully saturated rings. The van der Waals surface area contributed by atoms with E-state index in [1.165, 1.54) is 12.8 Å². The summed E-state index contributed by atoms with van der Waals surface area (Å²) in [5.41, 5.74) is 0. The van der Waals surface area contributed by atoms with Crippen LogP contribution in [0.25, 0.3) is 0 Å². The molecular weight excluding hydrogens is 186 g/mol. The number of nitrogens with one attached hydrogen (secondary N) is 1. The maximum Gasteiger partial charge on any atom is 0.222 e. The molecule has 1 aliphatic carbocycles. The van der Waals surface area contributed by atoms with Gasteiger partial charge in [-0.25, -0.2) is 0 Å². The lowest BCUT2D eigenvalue weighted by Gasteiger charge is -2.24. The Kier molecular flexibility index (Phi) is 13.0. The maximum atomic E-state index is 11.2. The van der Waals surface area contributed by atoms with E-state index in [4.69, 9.17) is 0 Å². The Morgan fingerprint density at radius 3 is 1.73 bits per heavy atom. The normalized spacial score (nSPS) is 23.9. The summed E-state index contributed by atoms with van der Waals surface area (Å²) >= 11 is 0. The van der Waals surface area contributed by atoms with Gasteiger partial charge in [-0.15, -0.1) is 0 Å². The van der Waals surface area contributed by atoms with Crippen molar-refractivity contribution in [2.24, 2.45) is 11.8 Å². The maximum absolute atomic E-state index is 11.2. The Morgan fingerprint density at radius 2 is 1.40 bits per heavy atom. The largest absolute Gasteiger partial charge is 0.359 e. The topological polar surface area (TPSA) is 29.1 Å². The van der Waals surface area contributed by atoms with E-state index >= 15 is 0 Å². The number of rotatable bonds is 1. The van der Waals surface area contributed by atoms with Crippen LogP contribution < -0.4 is 5.32 Å². The first kappa shape index (κ1) is 16.9. The van der Waals surface area contributed by atoms with Crippen molar-refractivity contribution in [2.45, 2.75) is 60.3 Å². The average molecular weight is 215 g/mol. The Labute approximate surface area is 95.8 Å². The van der Waals surface area contributed by atoms with Crippen LogP contribution in [0.2, 0.25) is 0 Å². The molecule has 1 N–H and O–H groups in total. The monoisotopic (exact) mass is 215 g/mol. The highest BCUT2D eigenvalue weighted by Crippen LogP contribution is 2.27. The molecule has 0 aromatic carbocycles. The van der Waals surface area contributed by atoms with E-state index in [9.17, 15) is 4.79 Å². The van der Waals surface area contributed by atoms with Crippen molar-refractivity contribution in [2.75, 3.05) is 7.05 Å². The molecule has 15 heavy (non-hydrogen) atoms. The minimum atomic E-state index is 0.233. The summed E-state index contributed by atoms with van der Waals surface area (Å²) in [6.45, 7) is 10.3. The minimum Gasteiger partial charge on any atom is -0.359 e. The summed E-state index contributed by atoms with van der Waals surface area (Å²) in [5.74, 6) is 1.36. The van der Waals surface area contributed by atoms with Gasteiger partial charge in [0.15, 0.2) is 0 Å². The highest BCUT2D eigenvalue weighted by Gasteiger charge is 2.22. The summed E-state index contributed by atoms with van der Waals surface area (Å²) in [7, 11) is 1.72. The Bertz CT molecular complexity index is 137. The van der Waals surface area contributed by atoms with Crippen LogP contribution >= 0.6 is 0 Å². The molecule has 2 heteroatoms. The van der Waals surface area contributed by atoms with Crippen LogP contribution in [0, 0.1) is 11.8 Å². The third-order valence-electron chi connectivity index (χ3n) is 2.63. The second kappa shape index (κ2) is 11.5. The van der Waals surface area contributed by atoms with Gasteiger partial charge in [-0.2, -0.15) is 0 Å². The van der Waals surface area contributed by atoms with Gasteiger partial charge in [0.05, 0.1) is 0 Å². The van der Waals surface area contributed by atoms with Crippen molar-refractivity contribution in [3.8, 4) is 0 Å². The van der Waals surface area contributed by atoms with Gasteiger partial charge in [0, 0.05) is 13.0 Å². The van der Waals surface area contributed by atoms with E-state index in [1.807, 2.05) is 27.7 Å². The zero-order valence-electron chi connectivity index (χ0n) is 11.4. The molecular formula is C13H29NO. The van der Waals surface area contributed by atoms with Crippen LogP contribution in [0.15, 0.2) is 0 Å². The lowest BCUT2D eigenvalue weighted by molar-refractivity contribution is -0.125. The molecule has 0 saturated heterocycles. The summed E-state index contributed by atoms with van der Waals surface area (Å²) in [5, 5.41) is 2.71. The standard InChI is InChI=1S/C9H17NO.2C2H6/c1-7-3-5-8(6-4-7)9(11)10-2;2*1-2/h7-8H,3-6H2,1-2H3,(H,10,11);2*1-2H3. The van der Waals surface area contributed by atoms with Gasteiger partial charge in [0.25, 0.3) is 0 Å². The molecule has 0 aliphatic heterocycles. The van der Waals surface area contributed by atoms with Crippen molar-refractivity contribution in [1.29, 1.82) is 0 Å². The van der Waals surface area contributed by atoms with Crippen molar-refractivity contribution in [1.82, 2.24) is 5.32 Å². The second-order valence-electron chi connectivity index (χ2n) is 3.57. The fourth-order valence-electron chi connectivity index (χ4n) is 1.73. The average Bonchev–Trinajstić information content (AvgIpc) is 2.34. The molecule has 0 spiro atoms. The number of hydrogen-bond acceptors (Lipinski definition) is 1. The van der Waals surface area contributed by atoms with E-state index < -0.39 is 0 Å². The third kappa shape index (κ3) is 7.40. The summed E-state index contributed by atoms with van der Waals surface area (Å²) in [6, 6.07) is 0. The molecule has 2 nitrogen and oxygen atoms in total. The van der Waals surface area contributed by atoms with Crippen LogP contribution in [0.4, 0.5) is 0 Å². The quantitative estimate of drug-likeness (QED) is 0.711. The lowest BCUT2D eigenvalue weighted by atomic mass is 9.83. The van der Waals surface area contributed by atoms with Crippen molar-refractivity contribution in [3.05, 3.63) is 0 Å². The number of amides is 1. The zero-order valence-corrected chi connectivity index (χ0v) is 11.4. The van der Waals surface area contributed by atoms with Crippen LogP contribution in [0.5, 0.6) is 0 Å². The summed E-state index contributed by atoms with van der Waals surface area (Å²) in [4.78, 5) is 11.2. The highest BCUT2D eigenvalue weighted by molar-refractivity contribution is 5.78. The van der Waals surface area contributed by atoms with Gasteiger partial charge in [-0.3, -0.25) is 4.79 Å².